The van der Waals surface area contributed by atoms with Crippen LogP contribution in [0.4, 0.5) is 0 Å². The fourth-order valence-electron chi connectivity index (χ4n) is 2.57. The molecule has 3 nitrogen and oxygen atoms in total. The molecule has 0 unspecified atom stereocenters. The molecule has 2 aromatic carbocycles. The first kappa shape index (κ1) is 12.9. The number of benzene rings is 2. The molecule has 0 spiro atoms. The van der Waals surface area contributed by atoms with Crippen LogP contribution in [0.15, 0.2) is 48.5 Å². The molecule has 1 N–H and O–H groups in total. The second kappa shape index (κ2) is 5.47. The summed E-state index contributed by atoms with van der Waals surface area (Å²) in [6, 6.07) is 16.9. The van der Waals surface area contributed by atoms with Crippen LogP contribution >= 0.6 is 0 Å². The smallest absolute Gasteiger partial charge is 0.0841 e. The summed E-state index contributed by atoms with van der Waals surface area (Å²) < 4.78 is 1.94. The van der Waals surface area contributed by atoms with E-state index in [2.05, 4.69) is 59.8 Å². The van der Waals surface area contributed by atoms with E-state index in [-0.39, 0.29) is 0 Å². The zero-order valence-electron chi connectivity index (χ0n) is 11.9. The predicted octanol–water partition coefficient (Wildman–Crippen LogP) is 3.17. The van der Waals surface area contributed by atoms with E-state index in [1.54, 1.807) is 0 Å². The molecular formula is C17H19N3. The third-order valence-electron chi connectivity index (χ3n) is 3.54. The average Bonchev–Trinajstić information content (AvgIpc) is 2.77. The van der Waals surface area contributed by atoms with Gasteiger partial charge in [0.2, 0.25) is 0 Å². The van der Waals surface area contributed by atoms with Crippen LogP contribution in [0.5, 0.6) is 0 Å². The first-order valence-corrected chi connectivity index (χ1v) is 6.91. The number of hydrogen-bond donors (Lipinski definition) is 1. The number of rotatable bonds is 4. The molecule has 3 rings (SSSR count). The average molecular weight is 265 g/mol. The first-order valence-electron chi connectivity index (χ1n) is 6.91. The molecule has 3 aromatic rings. The third-order valence-corrected chi connectivity index (χ3v) is 3.54. The molecule has 1 aromatic heterocycles. The van der Waals surface area contributed by atoms with Gasteiger partial charge in [-0.25, -0.2) is 0 Å². The number of para-hydroxylation sites is 1. The maximum Gasteiger partial charge on any atom is 0.0841 e. The predicted molar refractivity (Wildman–Crippen MR) is 82.4 cm³/mol. The number of fused-ring (bicyclic) bond motifs is 1. The molecule has 0 amide bonds. The Kier molecular flexibility index (Phi) is 3.52. The van der Waals surface area contributed by atoms with Gasteiger partial charge in [-0.2, -0.15) is 5.10 Å². The zero-order chi connectivity index (χ0) is 13.9. The molecule has 20 heavy (non-hydrogen) atoms. The lowest BCUT2D eigenvalue weighted by molar-refractivity contribution is 0.661. The van der Waals surface area contributed by atoms with Gasteiger partial charge in [0.05, 0.1) is 11.2 Å². The minimum atomic E-state index is 0.787. The van der Waals surface area contributed by atoms with Crippen molar-refractivity contribution in [1.29, 1.82) is 0 Å². The highest BCUT2D eigenvalue weighted by Crippen LogP contribution is 2.17. The highest BCUT2D eigenvalue weighted by molar-refractivity contribution is 5.81. The van der Waals surface area contributed by atoms with Crippen molar-refractivity contribution < 1.29 is 0 Å². The van der Waals surface area contributed by atoms with Crippen LogP contribution in [-0.2, 0) is 20.1 Å². The Morgan fingerprint density at radius 2 is 1.90 bits per heavy atom. The lowest BCUT2D eigenvalue weighted by atomic mass is 10.1. The summed E-state index contributed by atoms with van der Waals surface area (Å²) in [4.78, 5) is 0. The standard InChI is InChI=1S/C17H19N3/c1-13-6-5-7-14(10-13)11-18-12-16-15-8-3-4-9-17(15)20(2)19-16/h3-10,18H,11-12H2,1-2H3. The van der Waals surface area contributed by atoms with E-state index < -0.39 is 0 Å². The Balaban J connectivity index is 1.71. The summed E-state index contributed by atoms with van der Waals surface area (Å²) in [6.45, 7) is 3.78. The van der Waals surface area contributed by atoms with Crippen LogP contribution in [0.1, 0.15) is 16.8 Å². The Labute approximate surface area is 119 Å². The van der Waals surface area contributed by atoms with Crippen LogP contribution in [0.25, 0.3) is 10.9 Å². The number of hydrogen-bond acceptors (Lipinski definition) is 2. The van der Waals surface area contributed by atoms with E-state index in [1.807, 2.05) is 17.8 Å². The van der Waals surface area contributed by atoms with Gasteiger partial charge in [0.25, 0.3) is 0 Å². The van der Waals surface area contributed by atoms with Crippen molar-refractivity contribution in [3.63, 3.8) is 0 Å². The van der Waals surface area contributed by atoms with Crippen LogP contribution in [0.2, 0.25) is 0 Å². The van der Waals surface area contributed by atoms with Crippen LogP contribution in [0.3, 0.4) is 0 Å². The minimum absolute atomic E-state index is 0.787. The van der Waals surface area contributed by atoms with Gasteiger partial charge in [-0.05, 0) is 18.6 Å². The number of nitrogens with one attached hydrogen (secondary N) is 1. The molecule has 0 aliphatic heterocycles. The van der Waals surface area contributed by atoms with E-state index in [9.17, 15) is 0 Å². The normalized spacial score (nSPS) is 11.1. The van der Waals surface area contributed by atoms with Gasteiger partial charge < -0.3 is 5.32 Å². The molecule has 0 saturated carbocycles. The summed E-state index contributed by atoms with van der Waals surface area (Å²) in [5.74, 6) is 0. The van der Waals surface area contributed by atoms with Crippen LogP contribution in [-0.4, -0.2) is 9.78 Å². The van der Waals surface area contributed by atoms with Gasteiger partial charge >= 0.3 is 0 Å². The summed E-state index contributed by atoms with van der Waals surface area (Å²) in [5.41, 5.74) is 4.90. The van der Waals surface area contributed by atoms with E-state index in [1.165, 1.54) is 22.0 Å². The molecule has 0 aliphatic rings. The highest BCUT2D eigenvalue weighted by atomic mass is 15.3. The van der Waals surface area contributed by atoms with E-state index in [0.29, 0.717) is 0 Å². The largest absolute Gasteiger partial charge is 0.307 e. The monoisotopic (exact) mass is 265 g/mol. The molecule has 102 valence electrons. The highest BCUT2D eigenvalue weighted by Gasteiger charge is 2.06. The van der Waals surface area contributed by atoms with Crippen molar-refractivity contribution in [2.45, 2.75) is 20.0 Å². The fourth-order valence-corrected chi connectivity index (χ4v) is 2.57. The molecule has 0 atom stereocenters. The number of aryl methyl sites for hydroxylation is 2. The summed E-state index contributed by atoms with van der Waals surface area (Å²) in [7, 11) is 1.99. The number of aromatic nitrogens is 2. The van der Waals surface area contributed by atoms with E-state index in [4.69, 9.17) is 0 Å². The molecule has 0 radical (unpaired) electrons. The fraction of sp³-hybridized carbons (Fsp3) is 0.235. The Morgan fingerprint density at radius 3 is 2.75 bits per heavy atom. The van der Waals surface area contributed by atoms with Gasteiger partial charge in [0.1, 0.15) is 0 Å². The lowest BCUT2D eigenvalue weighted by Gasteiger charge is -2.04. The van der Waals surface area contributed by atoms with E-state index in [0.717, 1.165) is 18.8 Å². The second-order valence-electron chi connectivity index (χ2n) is 5.18. The maximum absolute atomic E-state index is 4.59. The lowest BCUT2D eigenvalue weighted by Crippen LogP contribution is -2.13. The summed E-state index contributed by atoms with van der Waals surface area (Å²) in [5, 5.41) is 9.30. The molecule has 0 bridgehead atoms. The van der Waals surface area contributed by atoms with Crippen molar-refractivity contribution in [2.24, 2.45) is 7.05 Å². The van der Waals surface area contributed by atoms with Gasteiger partial charge in [0, 0.05) is 25.5 Å². The van der Waals surface area contributed by atoms with Gasteiger partial charge in [0.15, 0.2) is 0 Å². The van der Waals surface area contributed by atoms with Crippen LogP contribution in [0, 0.1) is 6.92 Å². The van der Waals surface area contributed by atoms with Crippen molar-refractivity contribution >= 4 is 10.9 Å². The van der Waals surface area contributed by atoms with E-state index >= 15 is 0 Å². The molecule has 0 saturated heterocycles. The second-order valence-corrected chi connectivity index (χ2v) is 5.18. The molecule has 3 heteroatoms. The van der Waals surface area contributed by atoms with Crippen LogP contribution < -0.4 is 5.32 Å². The quantitative estimate of drug-likeness (QED) is 0.785. The first-order chi connectivity index (χ1) is 9.74. The molecule has 0 fully saturated rings. The van der Waals surface area contributed by atoms with Crippen molar-refractivity contribution in [2.75, 3.05) is 0 Å². The Morgan fingerprint density at radius 1 is 1.05 bits per heavy atom. The minimum Gasteiger partial charge on any atom is -0.307 e. The topological polar surface area (TPSA) is 29.9 Å². The van der Waals surface area contributed by atoms with Crippen molar-refractivity contribution in [1.82, 2.24) is 15.1 Å². The molecule has 0 aliphatic carbocycles. The Hall–Kier alpha value is -2.13. The summed E-state index contributed by atoms with van der Waals surface area (Å²) in [6.07, 6.45) is 0. The Bertz CT molecular complexity index is 728. The van der Waals surface area contributed by atoms with Crippen molar-refractivity contribution in [3.8, 4) is 0 Å². The molecule has 1 heterocycles. The maximum atomic E-state index is 4.59. The summed E-state index contributed by atoms with van der Waals surface area (Å²) >= 11 is 0. The molecular weight excluding hydrogens is 246 g/mol. The SMILES string of the molecule is Cc1cccc(CNCc2nn(C)c3ccccc23)c1. The van der Waals surface area contributed by atoms with Gasteiger partial charge in [-0.3, -0.25) is 4.68 Å². The zero-order valence-corrected chi connectivity index (χ0v) is 11.9. The number of nitrogens with zero attached hydrogens (tertiary/aromatic N) is 2. The third kappa shape index (κ3) is 2.58. The van der Waals surface area contributed by atoms with Crippen molar-refractivity contribution in [3.05, 3.63) is 65.4 Å². The van der Waals surface area contributed by atoms with Gasteiger partial charge in [-0.1, -0.05) is 48.0 Å². The van der Waals surface area contributed by atoms with Gasteiger partial charge in [-0.15, -0.1) is 0 Å².